The predicted molar refractivity (Wildman–Crippen MR) is 115 cm³/mol. The zero-order valence-electron chi connectivity index (χ0n) is 18.2. The number of carbonyl (C=O) groups excluding carboxylic acids is 4. The minimum Gasteiger partial charge on any atom is -0.339 e. The third-order valence-electron chi connectivity index (χ3n) is 6.03. The van der Waals surface area contributed by atoms with Crippen molar-refractivity contribution >= 4 is 23.6 Å². The van der Waals surface area contributed by atoms with Gasteiger partial charge in [0.05, 0.1) is 16.7 Å². The van der Waals surface area contributed by atoms with Crippen molar-refractivity contribution in [3.63, 3.8) is 0 Å². The zero-order chi connectivity index (χ0) is 24.5. The number of piperazine rings is 1. The highest BCUT2D eigenvalue weighted by molar-refractivity contribution is 6.21. The maximum absolute atomic E-state index is 12.7. The first-order chi connectivity index (χ1) is 16.2. The van der Waals surface area contributed by atoms with Gasteiger partial charge in [0, 0.05) is 44.7 Å². The van der Waals surface area contributed by atoms with E-state index in [4.69, 9.17) is 0 Å². The van der Waals surface area contributed by atoms with Crippen LogP contribution < -0.4 is 0 Å². The van der Waals surface area contributed by atoms with Crippen LogP contribution in [0, 0.1) is 0 Å². The number of nitrogens with zero attached hydrogens (tertiary/aromatic N) is 3. The van der Waals surface area contributed by atoms with Crippen molar-refractivity contribution in [1.82, 2.24) is 14.7 Å². The Bertz CT molecular complexity index is 1090. The van der Waals surface area contributed by atoms with Crippen molar-refractivity contribution in [2.75, 3.05) is 32.7 Å². The van der Waals surface area contributed by atoms with Crippen LogP contribution in [-0.2, 0) is 11.0 Å². The Morgan fingerprint density at radius 3 is 1.85 bits per heavy atom. The molecule has 1 fully saturated rings. The topological polar surface area (TPSA) is 78.0 Å². The smallest absolute Gasteiger partial charge is 0.339 e. The third kappa shape index (κ3) is 4.66. The first-order valence-electron chi connectivity index (χ1n) is 10.9. The van der Waals surface area contributed by atoms with Gasteiger partial charge in [-0.05, 0) is 42.8 Å². The standard InChI is InChI=1S/C24H22F3N3O4/c25-24(26,27)17-9-7-16(8-10-17)21(32)29-14-12-28(13-15-29)20(31)6-3-11-30-22(33)18-4-1-2-5-19(18)23(30)34/h1-2,4-5,7-10H,3,6,11-15H2. The van der Waals surface area contributed by atoms with Crippen LogP contribution in [0.2, 0.25) is 0 Å². The summed E-state index contributed by atoms with van der Waals surface area (Å²) >= 11 is 0. The molecule has 0 atom stereocenters. The van der Waals surface area contributed by atoms with Crippen LogP contribution in [0.25, 0.3) is 0 Å². The average Bonchev–Trinajstić information content (AvgIpc) is 3.08. The molecule has 0 spiro atoms. The van der Waals surface area contributed by atoms with E-state index in [2.05, 4.69) is 0 Å². The third-order valence-corrected chi connectivity index (χ3v) is 6.03. The summed E-state index contributed by atoms with van der Waals surface area (Å²) in [7, 11) is 0. The number of hydrogen-bond acceptors (Lipinski definition) is 4. The van der Waals surface area contributed by atoms with Gasteiger partial charge in [-0.3, -0.25) is 24.1 Å². The van der Waals surface area contributed by atoms with Crippen molar-refractivity contribution in [3.05, 3.63) is 70.8 Å². The van der Waals surface area contributed by atoms with E-state index < -0.39 is 11.7 Å². The Hall–Kier alpha value is -3.69. The van der Waals surface area contributed by atoms with Gasteiger partial charge in [-0.2, -0.15) is 13.2 Å². The van der Waals surface area contributed by atoms with Gasteiger partial charge >= 0.3 is 6.18 Å². The van der Waals surface area contributed by atoms with Gasteiger partial charge in [0.15, 0.2) is 0 Å². The fourth-order valence-electron chi connectivity index (χ4n) is 4.13. The van der Waals surface area contributed by atoms with E-state index in [0.717, 1.165) is 29.2 Å². The summed E-state index contributed by atoms with van der Waals surface area (Å²) in [5.74, 6) is -1.24. The van der Waals surface area contributed by atoms with Crippen molar-refractivity contribution in [2.45, 2.75) is 19.0 Å². The van der Waals surface area contributed by atoms with Crippen LogP contribution in [-0.4, -0.2) is 71.1 Å². The number of hydrogen-bond donors (Lipinski definition) is 0. The number of amides is 4. The van der Waals surface area contributed by atoms with E-state index in [1.54, 1.807) is 29.2 Å². The molecule has 1 saturated heterocycles. The lowest BCUT2D eigenvalue weighted by Gasteiger charge is -2.35. The molecule has 0 bridgehead atoms. The van der Waals surface area contributed by atoms with E-state index in [1.807, 2.05) is 0 Å². The van der Waals surface area contributed by atoms with E-state index in [9.17, 15) is 32.3 Å². The van der Waals surface area contributed by atoms with E-state index in [1.165, 1.54) is 4.90 Å². The van der Waals surface area contributed by atoms with Crippen LogP contribution >= 0.6 is 0 Å². The Balaban J connectivity index is 1.24. The molecule has 2 aromatic carbocycles. The van der Waals surface area contributed by atoms with Crippen LogP contribution in [0.3, 0.4) is 0 Å². The van der Waals surface area contributed by atoms with Gasteiger partial charge in [0.2, 0.25) is 5.91 Å². The van der Waals surface area contributed by atoms with Crippen LogP contribution in [0.4, 0.5) is 13.2 Å². The van der Waals surface area contributed by atoms with Crippen molar-refractivity contribution in [2.24, 2.45) is 0 Å². The summed E-state index contributed by atoms with van der Waals surface area (Å²) in [4.78, 5) is 54.2. The number of imide groups is 1. The van der Waals surface area contributed by atoms with Gasteiger partial charge in [-0.15, -0.1) is 0 Å². The predicted octanol–water partition coefficient (Wildman–Crippen LogP) is 3.07. The molecule has 0 N–H and O–H groups in total. The minimum absolute atomic E-state index is 0.141. The molecule has 4 rings (SSSR count). The van der Waals surface area contributed by atoms with Crippen molar-refractivity contribution in [1.29, 1.82) is 0 Å². The average molecular weight is 473 g/mol. The molecule has 34 heavy (non-hydrogen) atoms. The molecule has 7 nitrogen and oxygen atoms in total. The summed E-state index contributed by atoms with van der Waals surface area (Å²) < 4.78 is 38.1. The molecule has 178 valence electrons. The first kappa shape index (κ1) is 23.5. The van der Waals surface area contributed by atoms with Gasteiger partial charge in [-0.1, -0.05) is 12.1 Å². The lowest BCUT2D eigenvalue weighted by molar-refractivity contribution is -0.137. The molecule has 0 aliphatic carbocycles. The second-order valence-corrected chi connectivity index (χ2v) is 8.16. The van der Waals surface area contributed by atoms with Gasteiger partial charge in [0.1, 0.15) is 0 Å². The second kappa shape index (κ2) is 9.28. The molecule has 2 aliphatic heterocycles. The SMILES string of the molecule is O=C(CCCN1C(=O)c2ccccc2C1=O)N1CCN(C(=O)c2ccc(C(F)(F)F)cc2)CC1. The molecular formula is C24H22F3N3O4. The van der Waals surface area contributed by atoms with E-state index in [-0.39, 0.29) is 55.2 Å². The summed E-state index contributed by atoms with van der Waals surface area (Å²) in [6, 6.07) is 10.7. The quantitative estimate of drug-likeness (QED) is 0.626. The molecule has 10 heteroatoms. The highest BCUT2D eigenvalue weighted by atomic mass is 19.4. The lowest BCUT2D eigenvalue weighted by Crippen LogP contribution is -2.50. The number of halogens is 3. The van der Waals surface area contributed by atoms with Gasteiger partial charge in [0.25, 0.3) is 17.7 Å². The number of alkyl halides is 3. The normalized spacial score (nSPS) is 16.1. The summed E-state index contributed by atoms with van der Waals surface area (Å²) in [6.07, 6.45) is -3.98. The van der Waals surface area contributed by atoms with Gasteiger partial charge < -0.3 is 9.80 Å². The summed E-state index contributed by atoms with van der Waals surface area (Å²) in [6.45, 7) is 1.29. The highest BCUT2D eigenvalue weighted by Gasteiger charge is 2.35. The van der Waals surface area contributed by atoms with E-state index >= 15 is 0 Å². The molecule has 0 radical (unpaired) electrons. The number of fused-ring (bicyclic) bond motifs is 1. The first-order valence-corrected chi connectivity index (χ1v) is 10.9. The Morgan fingerprint density at radius 2 is 1.32 bits per heavy atom. The minimum atomic E-state index is -4.47. The molecule has 2 aromatic rings. The fourth-order valence-corrected chi connectivity index (χ4v) is 4.13. The van der Waals surface area contributed by atoms with Crippen LogP contribution in [0.5, 0.6) is 0 Å². The maximum atomic E-state index is 12.7. The largest absolute Gasteiger partial charge is 0.416 e. The van der Waals surface area contributed by atoms with Crippen molar-refractivity contribution < 1.29 is 32.3 Å². The van der Waals surface area contributed by atoms with Crippen LogP contribution in [0.15, 0.2) is 48.5 Å². The molecule has 2 aliphatic rings. The molecule has 4 amide bonds. The Labute approximate surface area is 193 Å². The monoisotopic (exact) mass is 473 g/mol. The number of carbonyl (C=O) groups is 4. The van der Waals surface area contributed by atoms with E-state index in [0.29, 0.717) is 30.6 Å². The maximum Gasteiger partial charge on any atom is 0.416 e. The Morgan fingerprint density at radius 1 is 0.794 bits per heavy atom. The van der Waals surface area contributed by atoms with Crippen LogP contribution in [0.1, 0.15) is 49.5 Å². The number of rotatable bonds is 5. The molecule has 0 saturated carbocycles. The Kier molecular flexibility index (Phi) is 6.41. The molecular weight excluding hydrogens is 451 g/mol. The highest BCUT2D eigenvalue weighted by Crippen LogP contribution is 2.29. The summed E-state index contributed by atoms with van der Waals surface area (Å²) in [5.41, 5.74) is 0.0784. The summed E-state index contributed by atoms with van der Waals surface area (Å²) in [5, 5.41) is 0. The van der Waals surface area contributed by atoms with Crippen molar-refractivity contribution in [3.8, 4) is 0 Å². The fraction of sp³-hybridized carbons (Fsp3) is 0.333. The molecule has 2 heterocycles. The molecule has 0 unspecified atom stereocenters. The lowest BCUT2D eigenvalue weighted by atomic mass is 10.1. The number of benzene rings is 2. The molecule has 0 aromatic heterocycles. The zero-order valence-corrected chi connectivity index (χ0v) is 18.2. The van der Waals surface area contributed by atoms with Gasteiger partial charge in [-0.25, -0.2) is 0 Å². The second-order valence-electron chi connectivity index (χ2n) is 8.16.